The molecule has 2 rings (SSSR count). The molecule has 0 saturated heterocycles. The molecule has 1 amide bonds. The molecule has 0 aliphatic rings. The summed E-state index contributed by atoms with van der Waals surface area (Å²) < 4.78 is 28.2. The third-order valence-electron chi connectivity index (χ3n) is 2.35. The summed E-state index contributed by atoms with van der Waals surface area (Å²) in [5.41, 5.74) is -0.535. The van der Waals surface area contributed by atoms with Gasteiger partial charge in [-0.1, -0.05) is 23.2 Å². The maximum absolute atomic E-state index is 13.6. The minimum Gasteiger partial charge on any atom is -0.319 e. The lowest BCUT2D eigenvalue weighted by Crippen LogP contribution is -2.15. The Morgan fingerprint density at radius 3 is 2.70 bits per heavy atom. The number of phosphoric acid groups is 1. The van der Waals surface area contributed by atoms with Crippen LogP contribution in [0, 0.1) is 5.95 Å². The number of hydrogen-bond acceptors (Lipinski definition) is 5. The maximum Gasteiger partial charge on any atom is 0.471 e. The SMILES string of the molecule is O=C(Nc1ccc(Cl)cc1Cl)c1nn(COP(=O)(O)O)nc1F. The molecule has 0 bridgehead atoms. The summed E-state index contributed by atoms with van der Waals surface area (Å²) in [5.74, 6) is -2.21. The number of hydrogen-bond donors (Lipinski definition) is 3. The fourth-order valence-corrected chi connectivity index (χ4v) is 2.13. The lowest BCUT2D eigenvalue weighted by molar-refractivity contribution is 0.101. The van der Waals surface area contributed by atoms with E-state index >= 15 is 0 Å². The summed E-state index contributed by atoms with van der Waals surface area (Å²) in [6.45, 7) is -0.837. The molecule has 0 aliphatic heterocycles. The third kappa shape index (κ3) is 4.96. The minimum absolute atomic E-state index is 0.128. The largest absolute Gasteiger partial charge is 0.471 e. The predicted molar refractivity (Wildman–Crippen MR) is 77.5 cm³/mol. The molecular formula is C10H8Cl2FN4O5P. The van der Waals surface area contributed by atoms with Gasteiger partial charge in [0.25, 0.3) is 11.9 Å². The van der Waals surface area contributed by atoms with Gasteiger partial charge in [0, 0.05) is 5.02 Å². The summed E-state index contributed by atoms with van der Waals surface area (Å²) in [4.78, 5) is 29.5. The van der Waals surface area contributed by atoms with Gasteiger partial charge in [0.05, 0.1) is 10.7 Å². The molecule has 1 aromatic heterocycles. The number of carbonyl (C=O) groups excluding carboxylic acids is 1. The van der Waals surface area contributed by atoms with E-state index < -0.39 is 32.1 Å². The molecule has 9 nitrogen and oxygen atoms in total. The summed E-state index contributed by atoms with van der Waals surface area (Å²) >= 11 is 11.6. The fourth-order valence-electron chi connectivity index (χ4n) is 1.42. The van der Waals surface area contributed by atoms with Crippen LogP contribution in [-0.2, 0) is 15.8 Å². The predicted octanol–water partition coefficient (Wildman–Crippen LogP) is 2.04. The van der Waals surface area contributed by atoms with Gasteiger partial charge in [-0.15, -0.1) is 10.2 Å². The Labute approximate surface area is 138 Å². The summed E-state index contributed by atoms with van der Waals surface area (Å²) in [6, 6.07) is 4.24. The van der Waals surface area contributed by atoms with Crippen LogP contribution in [0.15, 0.2) is 18.2 Å². The molecule has 1 heterocycles. The Balaban J connectivity index is 2.13. The number of halogens is 3. The molecule has 0 saturated carbocycles. The number of aromatic nitrogens is 3. The van der Waals surface area contributed by atoms with Crippen LogP contribution < -0.4 is 5.32 Å². The molecule has 124 valence electrons. The zero-order valence-corrected chi connectivity index (χ0v) is 13.4. The van der Waals surface area contributed by atoms with Crippen LogP contribution in [0.1, 0.15) is 10.5 Å². The van der Waals surface area contributed by atoms with Crippen LogP contribution in [0.5, 0.6) is 0 Å². The highest BCUT2D eigenvalue weighted by Crippen LogP contribution is 2.35. The molecule has 0 aliphatic carbocycles. The van der Waals surface area contributed by atoms with E-state index in [1.54, 1.807) is 0 Å². The number of benzene rings is 1. The molecule has 13 heteroatoms. The van der Waals surface area contributed by atoms with Crippen molar-refractivity contribution in [3.63, 3.8) is 0 Å². The Morgan fingerprint density at radius 1 is 1.39 bits per heavy atom. The average molecular weight is 385 g/mol. The number of carbonyl (C=O) groups is 1. The quantitative estimate of drug-likeness (QED) is 0.673. The summed E-state index contributed by atoms with van der Waals surface area (Å²) in [5, 5.41) is 9.38. The highest BCUT2D eigenvalue weighted by atomic mass is 35.5. The second-order valence-electron chi connectivity index (χ2n) is 4.04. The Kier molecular flexibility index (Phi) is 5.35. The molecular weight excluding hydrogens is 377 g/mol. The van der Waals surface area contributed by atoms with Gasteiger partial charge < -0.3 is 15.1 Å². The van der Waals surface area contributed by atoms with E-state index in [9.17, 15) is 13.8 Å². The number of rotatable bonds is 5. The van der Waals surface area contributed by atoms with E-state index in [0.29, 0.717) is 9.82 Å². The van der Waals surface area contributed by atoms with Crippen LogP contribution in [-0.4, -0.2) is 30.7 Å². The van der Waals surface area contributed by atoms with E-state index in [-0.39, 0.29) is 10.7 Å². The van der Waals surface area contributed by atoms with Crippen molar-refractivity contribution in [2.75, 3.05) is 5.32 Å². The van der Waals surface area contributed by atoms with Gasteiger partial charge in [-0.05, 0) is 18.2 Å². The lowest BCUT2D eigenvalue weighted by Gasteiger charge is -2.05. The van der Waals surface area contributed by atoms with Crippen molar-refractivity contribution in [1.29, 1.82) is 0 Å². The van der Waals surface area contributed by atoms with Crippen molar-refractivity contribution >= 4 is 42.6 Å². The topological polar surface area (TPSA) is 127 Å². The molecule has 23 heavy (non-hydrogen) atoms. The molecule has 0 unspecified atom stereocenters. The van der Waals surface area contributed by atoms with Gasteiger partial charge >= 0.3 is 7.82 Å². The minimum atomic E-state index is -4.78. The first kappa shape index (κ1) is 17.8. The summed E-state index contributed by atoms with van der Waals surface area (Å²) in [6.07, 6.45) is 0. The van der Waals surface area contributed by atoms with Crippen molar-refractivity contribution in [2.45, 2.75) is 6.73 Å². The van der Waals surface area contributed by atoms with Crippen LogP contribution in [0.25, 0.3) is 0 Å². The molecule has 0 fully saturated rings. The first-order valence-corrected chi connectivity index (χ1v) is 8.01. The van der Waals surface area contributed by atoms with Crippen LogP contribution >= 0.6 is 31.0 Å². The van der Waals surface area contributed by atoms with E-state index in [0.717, 1.165) is 0 Å². The molecule has 3 N–H and O–H groups in total. The van der Waals surface area contributed by atoms with Crippen molar-refractivity contribution in [3.05, 3.63) is 39.9 Å². The van der Waals surface area contributed by atoms with Crippen molar-refractivity contribution < 1.29 is 28.1 Å². The highest BCUT2D eigenvalue weighted by molar-refractivity contribution is 7.46. The molecule has 2 aromatic rings. The third-order valence-corrected chi connectivity index (χ3v) is 3.35. The van der Waals surface area contributed by atoms with E-state index in [2.05, 4.69) is 20.0 Å². The summed E-state index contributed by atoms with van der Waals surface area (Å²) in [7, 11) is -4.78. The van der Waals surface area contributed by atoms with Gasteiger partial charge in [0.1, 0.15) is 0 Å². The lowest BCUT2D eigenvalue weighted by atomic mass is 10.3. The zero-order chi connectivity index (χ0) is 17.2. The number of anilines is 1. The molecule has 0 spiro atoms. The second kappa shape index (κ2) is 6.91. The number of amides is 1. The average Bonchev–Trinajstić information content (AvgIpc) is 2.80. The van der Waals surface area contributed by atoms with E-state index in [4.69, 9.17) is 33.0 Å². The normalized spacial score (nSPS) is 11.5. The van der Waals surface area contributed by atoms with Gasteiger partial charge in [-0.25, -0.2) is 4.57 Å². The first-order chi connectivity index (χ1) is 10.7. The van der Waals surface area contributed by atoms with E-state index in [1.807, 2.05) is 0 Å². The van der Waals surface area contributed by atoms with Gasteiger partial charge in [-0.3, -0.25) is 9.32 Å². The van der Waals surface area contributed by atoms with Gasteiger partial charge in [0.2, 0.25) is 5.69 Å². The number of phosphoric ester groups is 1. The molecule has 1 aromatic carbocycles. The fraction of sp³-hybridized carbons (Fsp3) is 0.100. The van der Waals surface area contributed by atoms with Gasteiger partial charge in [-0.2, -0.15) is 9.19 Å². The highest BCUT2D eigenvalue weighted by Gasteiger charge is 2.21. The van der Waals surface area contributed by atoms with Crippen LogP contribution in [0.3, 0.4) is 0 Å². The van der Waals surface area contributed by atoms with Gasteiger partial charge in [0.15, 0.2) is 6.73 Å². The van der Waals surface area contributed by atoms with Crippen LogP contribution in [0.4, 0.5) is 10.1 Å². The number of nitrogens with zero attached hydrogens (tertiary/aromatic N) is 3. The zero-order valence-electron chi connectivity index (χ0n) is 11.0. The number of nitrogens with one attached hydrogen (secondary N) is 1. The van der Waals surface area contributed by atoms with Crippen molar-refractivity contribution in [1.82, 2.24) is 15.0 Å². The molecule has 0 radical (unpaired) electrons. The van der Waals surface area contributed by atoms with E-state index in [1.165, 1.54) is 18.2 Å². The maximum atomic E-state index is 13.6. The smallest absolute Gasteiger partial charge is 0.319 e. The Bertz CT molecular complexity index is 796. The first-order valence-electron chi connectivity index (χ1n) is 5.73. The van der Waals surface area contributed by atoms with Crippen molar-refractivity contribution in [2.24, 2.45) is 0 Å². The van der Waals surface area contributed by atoms with Crippen LogP contribution in [0.2, 0.25) is 10.0 Å². The Morgan fingerprint density at radius 2 is 2.09 bits per heavy atom. The monoisotopic (exact) mass is 384 g/mol. The standard InChI is InChI=1S/C10H8Cl2FN4O5P/c11-5-1-2-7(6(12)3-5)14-10(18)8-9(13)16-17(15-8)4-22-23(19,20)21/h1-3H,4H2,(H,14,18)(H2,19,20,21). The molecule has 0 atom stereocenters. The Hall–Kier alpha value is -1.55. The second-order valence-corrected chi connectivity index (χ2v) is 6.12. The van der Waals surface area contributed by atoms with Crippen molar-refractivity contribution in [3.8, 4) is 0 Å².